The molecule has 1 aliphatic heterocycles. The predicted molar refractivity (Wildman–Crippen MR) is 69.7 cm³/mol. The summed E-state index contributed by atoms with van der Waals surface area (Å²) in [5.41, 5.74) is 0.204. The highest BCUT2D eigenvalue weighted by Gasteiger charge is 2.34. The van der Waals surface area contributed by atoms with Crippen molar-refractivity contribution >= 4 is 21.9 Å². The van der Waals surface area contributed by atoms with E-state index < -0.39 is 15.8 Å². The Morgan fingerprint density at radius 2 is 2.05 bits per heavy atom. The Bertz CT molecular complexity index is 656. The Kier molecular flexibility index (Phi) is 3.47. The van der Waals surface area contributed by atoms with Gasteiger partial charge < -0.3 is 9.84 Å². The van der Waals surface area contributed by atoms with Crippen LogP contribution in [-0.2, 0) is 14.6 Å². The zero-order valence-electron chi connectivity index (χ0n) is 10.6. The van der Waals surface area contributed by atoms with Crippen molar-refractivity contribution in [3.63, 3.8) is 0 Å². The van der Waals surface area contributed by atoms with E-state index in [1.165, 1.54) is 18.2 Å². The number of ether oxygens (including phenoxy) is 1. The molecule has 1 aromatic rings. The van der Waals surface area contributed by atoms with E-state index in [1.54, 1.807) is 19.9 Å². The molecule has 0 aliphatic carbocycles. The van der Waals surface area contributed by atoms with Crippen LogP contribution < -0.4 is 0 Å². The molecule has 19 heavy (non-hydrogen) atoms. The molecule has 0 saturated carbocycles. The molecule has 0 bridgehead atoms. The van der Waals surface area contributed by atoms with Gasteiger partial charge in [-0.1, -0.05) is 12.1 Å². The third kappa shape index (κ3) is 2.41. The fraction of sp³-hybridized carbons (Fsp3) is 0.308. The number of aromatic carboxylic acids is 1. The molecule has 102 valence electrons. The van der Waals surface area contributed by atoms with E-state index in [4.69, 9.17) is 9.84 Å². The van der Waals surface area contributed by atoms with Gasteiger partial charge in [0.1, 0.15) is 0 Å². The fourth-order valence-electron chi connectivity index (χ4n) is 1.89. The van der Waals surface area contributed by atoms with Crippen LogP contribution in [0, 0.1) is 0 Å². The normalized spacial score (nSPS) is 16.3. The van der Waals surface area contributed by atoms with E-state index in [2.05, 4.69) is 0 Å². The van der Waals surface area contributed by atoms with Crippen LogP contribution in [0.5, 0.6) is 0 Å². The summed E-state index contributed by atoms with van der Waals surface area (Å²) in [5, 5.41) is 9.07. The lowest BCUT2D eigenvalue weighted by Gasteiger charge is -2.09. The zero-order valence-corrected chi connectivity index (χ0v) is 11.4. The van der Waals surface area contributed by atoms with E-state index in [-0.39, 0.29) is 28.1 Å². The first-order chi connectivity index (χ1) is 8.84. The van der Waals surface area contributed by atoms with Crippen LogP contribution in [0.25, 0.3) is 6.08 Å². The smallest absolute Gasteiger partial charge is 0.337 e. The van der Waals surface area contributed by atoms with Crippen LogP contribution in [0.2, 0.25) is 0 Å². The summed E-state index contributed by atoms with van der Waals surface area (Å²) in [6.45, 7) is 3.56. The van der Waals surface area contributed by atoms with Crippen LogP contribution in [-0.4, -0.2) is 32.2 Å². The summed E-state index contributed by atoms with van der Waals surface area (Å²) in [7, 11) is -3.76. The van der Waals surface area contributed by atoms with Crippen molar-refractivity contribution in [3.05, 3.63) is 34.2 Å². The van der Waals surface area contributed by atoms with Gasteiger partial charge >= 0.3 is 5.97 Å². The van der Waals surface area contributed by atoms with Gasteiger partial charge in [0.25, 0.3) is 0 Å². The van der Waals surface area contributed by atoms with E-state index >= 15 is 0 Å². The Balaban J connectivity index is 2.47. The zero-order chi connectivity index (χ0) is 14.2. The molecule has 0 atom stereocenters. The molecule has 0 saturated heterocycles. The van der Waals surface area contributed by atoms with Gasteiger partial charge in [-0.05, 0) is 31.6 Å². The fourth-order valence-corrected chi connectivity index (χ4v) is 3.54. The van der Waals surface area contributed by atoms with E-state index in [9.17, 15) is 13.2 Å². The Hall–Kier alpha value is -1.66. The molecule has 5 nitrogen and oxygen atoms in total. The van der Waals surface area contributed by atoms with Gasteiger partial charge in [0.05, 0.1) is 28.1 Å². The van der Waals surface area contributed by atoms with Gasteiger partial charge in [-0.15, -0.1) is 0 Å². The summed E-state index contributed by atoms with van der Waals surface area (Å²) in [4.78, 5) is 11.1. The number of hydrogen-bond acceptors (Lipinski definition) is 4. The summed E-state index contributed by atoms with van der Waals surface area (Å²) < 4.78 is 29.9. The number of carboxylic acids is 1. The van der Waals surface area contributed by atoms with Gasteiger partial charge in [-0.2, -0.15) is 0 Å². The average molecular weight is 282 g/mol. The summed E-state index contributed by atoms with van der Waals surface area (Å²) in [5.74, 6) is -1.25. The van der Waals surface area contributed by atoms with Crippen molar-refractivity contribution in [2.75, 3.05) is 6.61 Å². The molecule has 1 aromatic carbocycles. The highest BCUT2D eigenvalue weighted by atomic mass is 32.2. The molecule has 0 radical (unpaired) electrons. The minimum Gasteiger partial charge on any atom is -0.478 e. The van der Waals surface area contributed by atoms with Gasteiger partial charge in [0, 0.05) is 0 Å². The van der Waals surface area contributed by atoms with Gasteiger partial charge in [-0.25, -0.2) is 13.2 Å². The molecule has 0 unspecified atom stereocenters. The largest absolute Gasteiger partial charge is 0.478 e. The summed E-state index contributed by atoms with van der Waals surface area (Å²) >= 11 is 0. The molecular formula is C13H14O5S. The molecule has 0 spiro atoms. The lowest BCUT2D eigenvalue weighted by molar-refractivity contribution is 0.0692. The lowest BCUT2D eigenvalue weighted by atomic mass is 10.1. The number of carboxylic acid groups (broad SMARTS) is 1. The first-order valence-corrected chi connectivity index (χ1v) is 7.26. The van der Waals surface area contributed by atoms with Crippen LogP contribution in [0.4, 0.5) is 0 Å². The Morgan fingerprint density at radius 1 is 1.37 bits per heavy atom. The molecule has 1 heterocycles. The number of sulfone groups is 1. The van der Waals surface area contributed by atoms with E-state index in [0.717, 1.165) is 0 Å². The second-order valence-corrected chi connectivity index (χ2v) is 6.44. The number of hydrogen-bond donors (Lipinski definition) is 1. The first-order valence-electron chi connectivity index (χ1n) is 5.77. The second kappa shape index (κ2) is 4.79. The van der Waals surface area contributed by atoms with Crippen molar-refractivity contribution < 1.29 is 23.1 Å². The highest BCUT2D eigenvalue weighted by Crippen LogP contribution is 2.35. The lowest BCUT2D eigenvalue weighted by Crippen LogP contribution is -2.13. The molecule has 0 aromatic heterocycles. The van der Waals surface area contributed by atoms with Crippen molar-refractivity contribution in [1.82, 2.24) is 0 Å². The summed E-state index contributed by atoms with van der Waals surface area (Å²) in [6, 6.07) is 4.40. The minimum atomic E-state index is -3.76. The SMILES string of the molecule is CC(C)OCC1=Cc2cccc(C(=O)O)c2S1(=O)=O. The van der Waals surface area contributed by atoms with E-state index in [0.29, 0.717) is 5.56 Å². The number of rotatable bonds is 4. The maximum atomic E-state index is 12.3. The van der Waals surface area contributed by atoms with E-state index in [1.807, 2.05) is 0 Å². The van der Waals surface area contributed by atoms with Gasteiger partial charge in [0.2, 0.25) is 9.84 Å². The molecule has 0 amide bonds. The maximum Gasteiger partial charge on any atom is 0.337 e. The minimum absolute atomic E-state index is 0.0479. The first kappa shape index (κ1) is 13.8. The standard InChI is InChI=1S/C13H14O5S/c1-8(2)18-7-10-6-9-4-3-5-11(13(14)15)12(9)19(10,16)17/h3-6,8H,7H2,1-2H3,(H,14,15). The molecule has 1 N–H and O–H groups in total. The van der Waals surface area contributed by atoms with Crippen molar-refractivity contribution in [3.8, 4) is 0 Å². The van der Waals surface area contributed by atoms with Crippen molar-refractivity contribution in [1.29, 1.82) is 0 Å². The average Bonchev–Trinajstić information content (AvgIpc) is 2.58. The molecule has 2 rings (SSSR count). The van der Waals surface area contributed by atoms with Crippen LogP contribution in [0.15, 0.2) is 28.0 Å². The Labute approximate surface area is 111 Å². The summed E-state index contributed by atoms with van der Waals surface area (Å²) in [6.07, 6.45) is 1.37. The van der Waals surface area contributed by atoms with Gasteiger partial charge in [0.15, 0.2) is 0 Å². The monoisotopic (exact) mass is 282 g/mol. The third-order valence-electron chi connectivity index (χ3n) is 2.77. The molecule has 1 aliphatic rings. The topological polar surface area (TPSA) is 80.7 Å². The highest BCUT2D eigenvalue weighted by molar-refractivity contribution is 7.96. The molecule has 0 fully saturated rings. The third-order valence-corrected chi connectivity index (χ3v) is 4.68. The molecular weight excluding hydrogens is 268 g/mol. The quantitative estimate of drug-likeness (QED) is 0.912. The second-order valence-electron chi connectivity index (χ2n) is 4.50. The molecule has 6 heteroatoms. The number of carbonyl (C=O) groups is 1. The van der Waals surface area contributed by atoms with Crippen LogP contribution in [0.1, 0.15) is 29.8 Å². The van der Waals surface area contributed by atoms with Crippen molar-refractivity contribution in [2.24, 2.45) is 0 Å². The predicted octanol–water partition coefficient (Wildman–Crippen LogP) is 1.94. The number of benzene rings is 1. The van der Waals surface area contributed by atoms with Gasteiger partial charge in [-0.3, -0.25) is 0 Å². The number of fused-ring (bicyclic) bond motifs is 1. The maximum absolute atomic E-state index is 12.3. The van der Waals surface area contributed by atoms with Crippen LogP contribution in [0.3, 0.4) is 0 Å². The van der Waals surface area contributed by atoms with Crippen LogP contribution >= 0.6 is 0 Å². The van der Waals surface area contributed by atoms with Crippen molar-refractivity contribution in [2.45, 2.75) is 24.8 Å². The Morgan fingerprint density at radius 3 is 2.63 bits per heavy atom.